The Morgan fingerprint density at radius 1 is 0.473 bits per heavy atom. The van der Waals surface area contributed by atoms with Gasteiger partial charge < -0.3 is 24.2 Å². The number of carbonyl (C=O) groups excluding carboxylic acids is 2. The fourth-order valence-electron chi connectivity index (χ4n) is 8.90. The van der Waals surface area contributed by atoms with E-state index in [9.17, 15) is 9.59 Å². The molecule has 0 unspecified atom stereocenters. The number of carbonyl (C=O) groups is 2. The zero-order valence-electron chi connectivity index (χ0n) is 36.4. The van der Waals surface area contributed by atoms with Crippen LogP contribution in [0.5, 0.6) is 0 Å². The van der Waals surface area contributed by atoms with E-state index in [1.807, 2.05) is 0 Å². The van der Waals surface area contributed by atoms with E-state index in [4.69, 9.17) is 19.3 Å². The van der Waals surface area contributed by atoms with Gasteiger partial charge in [-0.3, -0.25) is 9.59 Å². The summed E-state index contributed by atoms with van der Waals surface area (Å²) in [5.74, 6) is 0.281. The smallest absolute Gasteiger partial charge is 0.308 e. The predicted octanol–water partition coefficient (Wildman–Crippen LogP) is 12.7. The maximum absolute atomic E-state index is 13.1. The van der Waals surface area contributed by atoms with Gasteiger partial charge in [0.05, 0.1) is 44.9 Å². The largest absolute Gasteiger partial charge is 0.465 e. The fraction of sp³-hybridized carbons (Fsp3) is 0.958. The summed E-state index contributed by atoms with van der Waals surface area (Å²) in [6.07, 6.45) is 43.8. The fourth-order valence-corrected chi connectivity index (χ4v) is 8.90. The molecule has 0 saturated heterocycles. The number of ether oxygens (including phenoxy) is 3. The van der Waals surface area contributed by atoms with Gasteiger partial charge in [-0.05, 0) is 58.4 Å². The molecule has 7 nitrogen and oxygen atoms in total. The highest BCUT2D eigenvalue weighted by Gasteiger charge is 2.21. The van der Waals surface area contributed by atoms with Crippen molar-refractivity contribution >= 4 is 11.9 Å². The maximum atomic E-state index is 13.1. The molecule has 2 saturated carbocycles. The molecular formula is C48H91NO6. The lowest BCUT2D eigenvalue weighted by molar-refractivity contribution is -0.150. The van der Waals surface area contributed by atoms with Gasteiger partial charge in [-0.15, -0.1) is 0 Å². The van der Waals surface area contributed by atoms with Gasteiger partial charge in [-0.25, -0.2) is 0 Å². The molecule has 2 fully saturated rings. The first kappa shape index (κ1) is 50.0. The number of rotatable bonds is 20. The standard InChI is InChI=1S/C48H91NO6/c1-49(38-42-53-43-39-50)46(36-28-22-30-40-54-47(51)44-32-24-18-14-10-6-2-3-7-11-15-19-25-33-44)37-29-23-31-41-55-48(52)45-34-26-20-16-12-8-4-5-9-13-17-21-27-35-45/h44-46,50H,2-43H2,1H3. The molecule has 0 aromatic rings. The summed E-state index contributed by atoms with van der Waals surface area (Å²) in [7, 11) is 2.19. The van der Waals surface area contributed by atoms with Crippen LogP contribution < -0.4 is 0 Å². The normalized spacial score (nSPS) is 19.6. The molecular weight excluding hydrogens is 687 g/mol. The van der Waals surface area contributed by atoms with Crippen molar-refractivity contribution in [3.05, 3.63) is 0 Å². The van der Waals surface area contributed by atoms with Gasteiger partial charge in [0.1, 0.15) is 0 Å². The van der Waals surface area contributed by atoms with Gasteiger partial charge in [-0.2, -0.15) is 0 Å². The van der Waals surface area contributed by atoms with Crippen LogP contribution in [0.4, 0.5) is 0 Å². The number of aliphatic hydroxyl groups is 1. The van der Waals surface area contributed by atoms with E-state index in [-0.39, 0.29) is 30.4 Å². The molecule has 0 radical (unpaired) electrons. The first-order valence-corrected chi connectivity index (χ1v) is 24.3. The van der Waals surface area contributed by atoms with Gasteiger partial charge in [-0.1, -0.05) is 180 Å². The van der Waals surface area contributed by atoms with Crippen molar-refractivity contribution in [2.24, 2.45) is 11.8 Å². The Morgan fingerprint density at radius 3 is 1.13 bits per heavy atom. The Labute approximate surface area is 340 Å². The summed E-state index contributed by atoms with van der Waals surface area (Å²) >= 11 is 0. The van der Waals surface area contributed by atoms with Crippen molar-refractivity contribution in [1.29, 1.82) is 0 Å². The van der Waals surface area contributed by atoms with Crippen molar-refractivity contribution in [3.63, 3.8) is 0 Å². The molecule has 0 aromatic heterocycles. The molecule has 0 bridgehead atoms. The Bertz CT molecular complexity index is 777. The van der Waals surface area contributed by atoms with Crippen LogP contribution in [0.25, 0.3) is 0 Å². The average molecular weight is 778 g/mol. The number of hydrogen-bond acceptors (Lipinski definition) is 7. The van der Waals surface area contributed by atoms with E-state index in [2.05, 4.69) is 11.9 Å². The lowest BCUT2D eigenvalue weighted by atomic mass is 9.94. The molecule has 7 heteroatoms. The molecule has 2 aliphatic rings. The predicted molar refractivity (Wildman–Crippen MR) is 229 cm³/mol. The zero-order valence-corrected chi connectivity index (χ0v) is 36.4. The first-order valence-electron chi connectivity index (χ1n) is 24.3. The highest BCUT2D eigenvalue weighted by atomic mass is 16.5. The molecule has 0 amide bonds. The summed E-state index contributed by atoms with van der Waals surface area (Å²) in [6, 6.07) is 0.464. The molecule has 0 spiro atoms. The van der Waals surface area contributed by atoms with E-state index >= 15 is 0 Å². The summed E-state index contributed by atoms with van der Waals surface area (Å²) in [5, 5.41) is 9.11. The molecule has 1 N–H and O–H groups in total. The third-order valence-electron chi connectivity index (χ3n) is 12.7. The summed E-state index contributed by atoms with van der Waals surface area (Å²) in [6.45, 7) is 3.01. The Kier molecular flexibility index (Phi) is 33.7. The third-order valence-corrected chi connectivity index (χ3v) is 12.7. The van der Waals surface area contributed by atoms with Crippen LogP contribution in [0.15, 0.2) is 0 Å². The summed E-state index contributed by atoms with van der Waals surface area (Å²) in [4.78, 5) is 28.6. The second-order valence-electron chi connectivity index (χ2n) is 17.5. The average Bonchev–Trinajstić information content (AvgIpc) is 3.21. The van der Waals surface area contributed by atoms with Gasteiger partial charge in [0.25, 0.3) is 0 Å². The van der Waals surface area contributed by atoms with E-state index in [0.717, 1.165) is 109 Å². The number of esters is 2. The molecule has 324 valence electrons. The van der Waals surface area contributed by atoms with Crippen molar-refractivity contribution in [1.82, 2.24) is 4.90 Å². The molecule has 55 heavy (non-hydrogen) atoms. The highest BCUT2D eigenvalue weighted by Crippen LogP contribution is 2.24. The van der Waals surface area contributed by atoms with E-state index in [1.54, 1.807) is 0 Å². The van der Waals surface area contributed by atoms with Crippen molar-refractivity contribution in [3.8, 4) is 0 Å². The molecule has 2 rings (SSSR count). The van der Waals surface area contributed by atoms with Gasteiger partial charge in [0.2, 0.25) is 0 Å². The first-order chi connectivity index (χ1) is 27.1. The molecule has 0 atom stereocenters. The van der Waals surface area contributed by atoms with Crippen LogP contribution in [-0.2, 0) is 23.8 Å². The van der Waals surface area contributed by atoms with Crippen LogP contribution in [0.1, 0.15) is 231 Å². The molecule has 0 aliphatic heterocycles. The quantitative estimate of drug-likeness (QED) is 0.0973. The number of nitrogens with zero attached hydrogens (tertiary/aromatic N) is 1. The Balaban J connectivity index is 1.69. The highest BCUT2D eigenvalue weighted by molar-refractivity contribution is 5.72. The SMILES string of the molecule is CN(CCOCCO)C(CCCCCOC(=O)C1CCCCCCCCCCCCCC1)CCCCCOC(=O)C1CCCCCCCCCCCCCC1. The molecule has 0 heterocycles. The number of aliphatic hydroxyl groups excluding tert-OH is 1. The number of unbranched alkanes of at least 4 members (excludes halogenated alkanes) is 4. The molecule has 0 aromatic carbocycles. The van der Waals surface area contributed by atoms with Crippen LogP contribution in [-0.4, -0.2) is 74.6 Å². The Morgan fingerprint density at radius 2 is 0.800 bits per heavy atom. The Hall–Kier alpha value is -1.18. The number of likely N-dealkylation sites (N-methyl/N-ethyl adjacent to an activating group) is 1. The van der Waals surface area contributed by atoms with Gasteiger partial charge in [0, 0.05) is 12.6 Å². The lowest BCUT2D eigenvalue weighted by Gasteiger charge is -2.28. The van der Waals surface area contributed by atoms with E-state index in [0.29, 0.717) is 32.5 Å². The number of hydrogen-bond donors (Lipinski definition) is 1. The maximum Gasteiger partial charge on any atom is 0.308 e. The van der Waals surface area contributed by atoms with Crippen LogP contribution >= 0.6 is 0 Å². The van der Waals surface area contributed by atoms with Crippen molar-refractivity contribution in [2.75, 3.05) is 46.6 Å². The zero-order chi connectivity index (χ0) is 39.3. The van der Waals surface area contributed by atoms with Crippen molar-refractivity contribution < 1.29 is 28.9 Å². The van der Waals surface area contributed by atoms with Crippen LogP contribution in [0.2, 0.25) is 0 Å². The third kappa shape index (κ3) is 28.8. The van der Waals surface area contributed by atoms with Crippen molar-refractivity contribution in [2.45, 2.75) is 237 Å². The summed E-state index contributed by atoms with van der Waals surface area (Å²) < 4.78 is 17.3. The van der Waals surface area contributed by atoms with Crippen LogP contribution in [0, 0.1) is 11.8 Å². The second-order valence-corrected chi connectivity index (χ2v) is 17.5. The topological polar surface area (TPSA) is 85.3 Å². The van der Waals surface area contributed by atoms with Gasteiger partial charge in [0.15, 0.2) is 0 Å². The van der Waals surface area contributed by atoms with E-state index < -0.39 is 0 Å². The minimum absolute atomic E-state index is 0.0536. The second kappa shape index (κ2) is 37.1. The minimum atomic E-state index is 0.0536. The van der Waals surface area contributed by atoms with E-state index in [1.165, 1.54) is 128 Å². The summed E-state index contributed by atoms with van der Waals surface area (Å²) in [5.41, 5.74) is 0. The molecule has 2 aliphatic carbocycles. The van der Waals surface area contributed by atoms with Gasteiger partial charge >= 0.3 is 11.9 Å². The lowest BCUT2D eigenvalue weighted by Crippen LogP contribution is -2.34. The monoisotopic (exact) mass is 778 g/mol. The minimum Gasteiger partial charge on any atom is -0.465 e. The van der Waals surface area contributed by atoms with Crippen LogP contribution in [0.3, 0.4) is 0 Å².